The van der Waals surface area contributed by atoms with Crippen molar-refractivity contribution in [2.75, 3.05) is 12.0 Å². The van der Waals surface area contributed by atoms with E-state index in [1.807, 2.05) is 43.0 Å². The van der Waals surface area contributed by atoms with Gasteiger partial charge in [0.2, 0.25) is 11.6 Å². The summed E-state index contributed by atoms with van der Waals surface area (Å²) in [6.07, 6.45) is 0. The van der Waals surface area contributed by atoms with Crippen molar-refractivity contribution < 1.29 is 14.3 Å². The van der Waals surface area contributed by atoms with E-state index < -0.39 is 5.66 Å². The molecule has 0 atom stereocenters. The van der Waals surface area contributed by atoms with Crippen molar-refractivity contribution in [3.63, 3.8) is 0 Å². The first kappa shape index (κ1) is 15.4. The number of ether oxygens (including phenoxy) is 1. The number of fused-ring (bicyclic) bond motifs is 1. The van der Waals surface area contributed by atoms with Crippen molar-refractivity contribution in [1.29, 1.82) is 0 Å². The Morgan fingerprint density at radius 1 is 0.920 bits per heavy atom. The molecule has 126 valence electrons. The van der Waals surface area contributed by atoms with Crippen molar-refractivity contribution in [1.82, 2.24) is 5.32 Å². The summed E-state index contributed by atoms with van der Waals surface area (Å²) in [6, 6.07) is 14.4. The van der Waals surface area contributed by atoms with Crippen LogP contribution in [0.3, 0.4) is 0 Å². The van der Waals surface area contributed by atoms with E-state index in [-0.39, 0.29) is 11.6 Å². The van der Waals surface area contributed by atoms with E-state index in [1.165, 1.54) is 0 Å². The van der Waals surface area contributed by atoms with E-state index >= 15 is 0 Å². The summed E-state index contributed by atoms with van der Waals surface area (Å²) in [5.41, 5.74) is 1.88. The molecule has 0 amide bonds. The highest BCUT2D eigenvalue weighted by Gasteiger charge is 2.47. The predicted molar refractivity (Wildman–Crippen MR) is 94.8 cm³/mol. The lowest BCUT2D eigenvalue weighted by molar-refractivity contribution is 0.0973. The van der Waals surface area contributed by atoms with Crippen LogP contribution in [0.15, 0.2) is 59.9 Å². The molecule has 0 saturated heterocycles. The number of nitrogens with one attached hydrogen (secondary N) is 1. The van der Waals surface area contributed by atoms with E-state index in [0.717, 1.165) is 11.4 Å². The van der Waals surface area contributed by atoms with Gasteiger partial charge in [0.1, 0.15) is 22.8 Å². The molecule has 1 N–H and O–H groups in total. The Hall–Kier alpha value is -3.08. The molecule has 0 bridgehead atoms. The Labute approximate surface area is 145 Å². The van der Waals surface area contributed by atoms with Crippen molar-refractivity contribution in [2.24, 2.45) is 0 Å². The molecular weight excluding hydrogens is 316 g/mol. The van der Waals surface area contributed by atoms with Gasteiger partial charge in [0.05, 0.1) is 7.11 Å². The van der Waals surface area contributed by atoms with Gasteiger partial charge in [-0.1, -0.05) is 24.3 Å². The van der Waals surface area contributed by atoms with Crippen LogP contribution in [0.5, 0.6) is 5.75 Å². The van der Waals surface area contributed by atoms with Crippen molar-refractivity contribution in [2.45, 2.75) is 19.5 Å². The number of hydrogen-bond acceptors (Lipinski definition) is 5. The second kappa shape index (κ2) is 5.21. The third-order valence-electron chi connectivity index (χ3n) is 4.64. The molecule has 5 nitrogen and oxygen atoms in total. The Morgan fingerprint density at radius 3 is 2.12 bits per heavy atom. The van der Waals surface area contributed by atoms with Crippen LogP contribution in [-0.2, 0) is 0 Å². The normalized spacial score (nSPS) is 18.0. The number of methoxy groups -OCH3 is 1. The molecular formula is C20H18N2O3. The third kappa shape index (κ3) is 2.16. The maximum atomic E-state index is 13.1. The second-order valence-corrected chi connectivity index (χ2v) is 6.64. The molecule has 0 aromatic heterocycles. The molecule has 0 spiro atoms. The number of allylic oxidation sites excluding steroid dienone is 2. The summed E-state index contributed by atoms with van der Waals surface area (Å²) in [5, 5.41) is 3.23. The highest BCUT2D eigenvalue weighted by Crippen LogP contribution is 2.40. The summed E-state index contributed by atoms with van der Waals surface area (Å²) in [4.78, 5) is 27.9. The van der Waals surface area contributed by atoms with Crippen molar-refractivity contribution in [3.05, 3.63) is 71.1 Å². The predicted octanol–water partition coefficient (Wildman–Crippen LogP) is 3.13. The summed E-state index contributed by atoms with van der Waals surface area (Å²) < 4.78 is 5.21. The molecule has 2 aromatic carbocycles. The number of hydrogen-bond donors (Lipinski definition) is 1. The van der Waals surface area contributed by atoms with Gasteiger partial charge in [-0.25, -0.2) is 0 Å². The van der Waals surface area contributed by atoms with Crippen LogP contribution in [0.25, 0.3) is 0 Å². The van der Waals surface area contributed by atoms with Crippen LogP contribution in [0.4, 0.5) is 5.69 Å². The van der Waals surface area contributed by atoms with Gasteiger partial charge in [-0.15, -0.1) is 0 Å². The van der Waals surface area contributed by atoms with Gasteiger partial charge in [0.15, 0.2) is 0 Å². The summed E-state index contributed by atoms with van der Waals surface area (Å²) >= 11 is 0. The maximum Gasteiger partial charge on any atom is 0.212 e. The van der Waals surface area contributed by atoms with Gasteiger partial charge in [0.25, 0.3) is 0 Å². The molecule has 0 fully saturated rings. The highest BCUT2D eigenvalue weighted by molar-refractivity contribution is 6.28. The van der Waals surface area contributed by atoms with Gasteiger partial charge in [-0.3, -0.25) is 9.59 Å². The fraction of sp³-hybridized carbons (Fsp3) is 0.200. The average Bonchev–Trinajstić information content (AvgIpc) is 2.91. The average molecular weight is 334 g/mol. The molecule has 1 aliphatic carbocycles. The fourth-order valence-corrected chi connectivity index (χ4v) is 3.52. The zero-order valence-corrected chi connectivity index (χ0v) is 14.3. The smallest absolute Gasteiger partial charge is 0.212 e. The standard InChI is InChI=1S/C20H18N2O3/c1-20(2)21-16-17(22(20)12-8-10-13(25-3)11-9-12)19(24)15-7-5-4-6-14(15)18(16)23/h4-11,21H,1-3H3. The van der Waals surface area contributed by atoms with Gasteiger partial charge >= 0.3 is 0 Å². The van der Waals surface area contributed by atoms with Crippen LogP contribution >= 0.6 is 0 Å². The minimum absolute atomic E-state index is 0.140. The fourth-order valence-electron chi connectivity index (χ4n) is 3.52. The van der Waals surface area contributed by atoms with E-state index in [2.05, 4.69) is 5.32 Å². The molecule has 2 aromatic rings. The van der Waals surface area contributed by atoms with E-state index in [9.17, 15) is 9.59 Å². The van der Waals surface area contributed by atoms with E-state index in [0.29, 0.717) is 22.5 Å². The third-order valence-corrected chi connectivity index (χ3v) is 4.64. The molecule has 5 heteroatoms. The number of ketones is 2. The Kier molecular flexibility index (Phi) is 3.22. The molecule has 25 heavy (non-hydrogen) atoms. The Bertz CT molecular complexity index is 926. The zero-order valence-electron chi connectivity index (χ0n) is 14.3. The molecule has 0 unspecified atom stereocenters. The topological polar surface area (TPSA) is 58.6 Å². The van der Waals surface area contributed by atoms with Crippen LogP contribution in [0.1, 0.15) is 34.6 Å². The minimum Gasteiger partial charge on any atom is -0.497 e. The monoisotopic (exact) mass is 334 g/mol. The molecule has 2 aliphatic rings. The first-order valence-electron chi connectivity index (χ1n) is 8.09. The van der Waals surface area contributed by atoms with Crippen molar-refractivity contribution in [3.8, 4) is 5.75 Å². The number of carbonyl (C=O) groups excluding carboxylic acids is 2. The summed E-state index contributed by atoms with van der Waals surface area (Å²) in [5.74, 6) is 0.452. The first-order valence-corrected chi connectivity index (χ1v) is 8.09. The van der Waals surface area contributed by atoms with Crippen LogP contribution in [0.2, 0.25) is 0 Å². The molecule has 4 rings (SSSR count). The maximum absolute atomic E-state index is 13.1. The number of carbonyl (C=O) groups is 2. The van der Waals surface area contributed by atoms with E-state index in [4.69, 9.17) is 4.74 Å². The second-order valence-electron chi connectivity index (χ2n) is 6.64. The van der Waals surface area contributed by atoms with Gasteiger partial charge in [0, 0.05) is 16.8 Å². The largest absolute Gasteiger partial charge is 0.497 e. The quantitative estimate of drug-likeness (QED) is 0.914. The summed E-state index contributed by atoms with van der Waals surface area (Å²) in [6.45, 7) is 3.89. The lowest BCUT2D eigenvalue weighted by Crippen LogP contribution is -2.48. The Balaban J connectivity index is 1.87. The lowest BCUT2D eigenvalue weighted by Gasteiger charge is -2.35. The Morgan fingerprint density at radius 2 is 1.52 bits per heavy atom. The van der Waals surface area contributed by atoms with Gasteiger partial charge in [-0.05, 0) is 38.1 Å². The molecule has 0 saturated carbocycles. The zero-order chi connectivity index (χ0) is 17.8. The highest BCUT2D eigenvalue weighted by atomic mass is 16.5. The molecule has 1 aliphatic heterocycles. The minimum atomic E-state index is -0.605. The number of benzene rings is 2. The van der Waals surface area contributed by atoms with Crippen LogP contribution < -0.4 is 15.0 Å². The van der Waals surface area contributed by atoms with E-state index in [1.54, 1.807) is 31.4 Å². The molecule has 1 heterocycles. The van der Waals surface area contributed by atoms with Gasteiger partial charge in [-0.2, -0.15) is 0 Å². The number of nitrogens with zero attached hydrogens (tertiary/aromatic N) is 1. The van der Waals surface area contributed by atoms with Crippen molar-refractivity contribution >= 4 is 17.3 Å². The summed E-state index contributed by atoms with van der Waals surface area (Å²) in [7, 11) is 1.61. The van der Waals surface area contributed by atoms with Crippen LogP contribution in [0, 0.1) is 0 Å². The lowest BCUT2D eigenvalue weighted by atomic mass is 9.90. The first-order chi connectivity index (χ1) is 11.9. The van der Waals surface area contributed by atoms with Gasteiger partial charge < -0.3 is 15.0 Å². The number of rotatable bonds is 2. The molecule has 0 radical (unpaired) electrons. The van der Waals surface area contributed by atoms with Crippen LogP contribution in [-0.4, -0.2) is 24.3 Å². The number of Topliss-reactive ketones (excluding diaryl/α,β-unsaturated/α-hetero) is 2. The SMILES string of the molecule is COc1ccc(N2C3=C(NC2(C)C)C(=O)c2ccccc2C3=O)cc1. The number of anilines is 1.